The Kier molecular flexibility index (Phi) is 6.97. The largest absolute Gasteiger partial charge is 0.495 e. The minimum atomic E-state index is -3.71. The van der Waals surface area contributed by atoms with Gasteiger partial charge in [0.2, 0.25) is 15.9 Å². The molecule has 0 bridgehead atoms. The highest BCUT2D eigenvalue weighted by Gasteiger charge is 2.24. The van der Waals surface area contributed by atoms with Crippen LogP contribution in [-0.2, 0) is 21.4 Å². The van der Waals surface area contributed by atoms with E-state index in [0.717, 1.165) is 16.1 Å². The molecular formula is C18H20Cl2N2O4S. The van der Waals surface area contributed by atoms with Crippen molar-refractivity contribution in [3.63, 3.8) is 0 Å². The van der Waals surface area contributed by atoms with Crippen molar-refractivity contribution in [2.24, 2.45) is 0 Å². The lowest BCUT2D eigenvalue weighted by Gasteiger charge is -2.24. The minimum absolute atomic E-state index is 0.150. The number of nitrogens with one attached hydrogen (secondary N) is 1. The first-order chi connectivity index (χ1) is 12.6. The number of aryl methyl sites for hydroxylation is 1. The third-order valence-corrected chi connectivity index (χ3v) is 5.50. The molecule has 1 amide bonds. The Balaban J connectivity index is 2.19. The van der Waals surface area contributed by atoms with Gasteiger partial charge in [-0.15, -0.1) is 0 Å². The normalized spacial score (nSPS) is 11.1. The molecule has 0 heterocycles. The van der Waals surface area contributed by atoms with E-state index in [1.54, 1.807) is 36.4 Å². The maximum Gasteiger partial charge on any atom is 0.241 e. The summed E-state index contributed by atoms with van der Waals surface area (Å²) in [5, 5.41) is 3.58. The molecule has 2 aromatic carbocycles. The number of sulfonamides is 1. The predicted octanol–water partition coefficient (Wildman–Crippen LogP) is 3.39. The van der Waals surface area contributed by atoms with Crippen LogP contribution in [0, 0.1) is 6.92 Å². The Morgan fingerprint density at radius 1 is 1.19 bits per heavy atom. The summed E-state index contributed by atoms with van der Waals surface area (Å²) in [4.78, 5) is 12.4. The average Bonchev–Trinajstić information content (AvgIpc) is 2.58. The van der Waals surface area contributed by atoms with Crippen LogP contribution in [0.4, 0.5) is 5.69 Å². The molecule has 0 fully saturated rings. The summed E-state index contributed by atoms with van der Waals surface area (Å²) >= 11 is 11.9. The number of hydrogen-bond donors (Lipinski definition) is 1. The molecule has 0 aliphatic heterocycles. The number of carbonyl (C=O) groups excluding carboxylic acids is 1. The number of halogens is 2. The SMILES string of the molecule is COc1ccc(C)cc1N(CC(=O)NCc1ccc(Cl)cc1Cl)S(C)(=O)=O. The Hall–Kier alpha value is -1.96. The number of methoxy groups -OCH3 is 1. The molecule has 0 atom stereocenters. The van der Waals surface area contributed by atoms with Crippen LogP contribution < -0.4 is 14.4 Å². The van der Waals surface area contributed by atoms with Crippen LogP contribution in [0.2, 0.25) is 10.0 Å². The number of benzene rings is 2. The molecule has 2 aromatic rings. The highest BCUT2D eigenvalue weighted by Crippen LogP contribution is 2.30. The summed E-state index contributed by atoms with van der Waals surface area (Å²) in [5.41, 5.74) is 1.82. The summed E-state index contributed by atoms with van der Waals surface area (Å²) in [7, 11) is -2.27. The van der Waals surface area contributed by atoms with Gasteiger partial charge < -0.3 is 10.1 Å². The maximum atomic E-state index is 12.4. The summed E-state index contributed by atoms with van der Waals surface area (Å²) in [6.45, 7) is 1.59. The average molecular weight is 431 g/mol. The zero-order chi connectivity index (χ0) is 20.2. The van der Waals surface area contributed by atoms with Gasteiger partial charge in [0.1, 0.15) is 12.3 Å². The highest BCUT2D eigenvalue weighted by atomic mass is 35.5. The molecule has 0 aromatic heterocycles. The smallest absolute Gasteiger partial charge is 0.241 e. The van der Waals surface area contributed by atoms with Gasteiger partial charge in [0.05, 0.1) is 19.1 Å². The van der Waals surface area contributed by atoms with Crippen LogP contribution in [-0.4, -0.2) is 34.2 Å². The van der Waals surface area contributed by atoms with Gasteiger partial charge in [-0.25, -0.2) is 8.42 Å². The first-order valence-corrected chi connectivity index (χ1v) is 10.5. The predicted molar refractivity (Wildman–Crippen MR) is 108 cm³/mol. The Morgan fingerprint density at radius 3 is 2.48 bits per heavy atom. The Labute approximate surface area is 169 Å². The molecule has 2 rings (SSSR count). The van der Waals surface area contributed by atoms with Crippen molar-refractivity contribution < 1.29 is 17.9 Å². The van der Waals surface area contributed by atoms with Gasteiger partial charge in [-0.3, -0.25) is 9.10 Å². The summed E-state index contributed by atoms with van der Waals surface area (Å²) in [5.74, 6) is -0.116. The summed E-state index contributed by atoms with van der Waals surface area (Å²) in [6.07, 6.45) is 1.04. The van der Waals surface area contributed by atoms with E-state index >= 15 is 0 Å². The molecule has 0 spiro atoms. The first kappa shape index (κ1) is 21.3. The van der Waals surface area contributed by atoms with Crippen molar-refractivity contribution in [1.82, 2.24) is 5.32 Å². The number of amides is 1. The number of anilines is 1. The third-order valence-electron chi connectivity index (χ3n) is 3.78. The second kappa shape index (κ2) is 8.82. The van der Waals surface area contributed by atoms with Crippen LogP contribution >= 0.6 is 23.2 Å². The third kappa shape index (κ3) is 5.76. The van der Waals surface area contributed by atoms with Crippen molar-refractivity contribution in [3.05, 3.63) is 57.6 Å². The van der Waals surface area contributed by atoms with Crippen LogP contribution in [0.15, 0.2) is 36.4 Å². The quantitative estimate of drug-likeness (QED) is 0.729. The number of nitrogens with zero attached hydrogens (tertiary/aromatic N) is 1. The zero-order valence-corrected chi connectivity index (χ0v) is 17.5. The van der Waals surface area contributed by atoms with Crippen molar-refractivity contribution in [3.8, 4) is 5.75 Å². The molecule has 0 aliphatic rings. The van der Waals surface area contributed by atoms with Gasteiger partial charge in [-0.05, 0) is 42.3 Å². The summed E-state index contributed by atoms with van der Waals surface area (Å²) in [6, 6.07) is 10.0. The molecule has 6 nitrogen and oxygen atoms in total. The lowest BCUT2D eigenvalue weighted by atomic mass is 10.2. The number of carbonyl (C=O) groups is 1. The van der Waals surface area contributed by atoms with E-state index in [4.69, 9.17) is 27.9 Å². The van der Waals surface area contributed by atoms with Crippen molar-refractivity contribution >= 4 is 44.8 Å². The monoisotopic (exact) mass is 430 g/mol. The number of hydrogen-bond acceptors (Lipinski definition) is 4. The highest BCUT2D eigenvalue weighted by molar-refractivity contribution is 7.92. The molecule has 27 heavy (non-hydrogen) atoms. The van der Waals surface area contributed by atoms with E-state index in [1.165, 1.54) is 7.11 Å². The van der Waals surface area contributed by atoms with Crippen LogP contribution in [0.1, 0.15) is 11.1 Å². The Morgan fingerprint density at radius 2 is 1.89 bits per heavy atom. The van der Waals surface area contributed by atoms with Crippen molar-refractivity contribution in [2.75, 3.05) is 24.2 Å². The molecule has 0 unspecified atom stereocenters. The molecule has 0 aliphatic carbocycles. The van der Waals surface area contributed by atoms with E-state index < -0.39 is 15.9 Å². The van der Waals surface area contributed by atoms with Gasteiger partial charge in [0.15, 0.2) is 0 Å². The molecule has 0 radical (unpaired) electrons. The van der Waals surface area contributed by atoms with E-state index in [2.05, 4.69) is 5.32 Å². The van der Waals surface area contributed by atoms with Crippen molar-refractivity contribution in [2.45, 2.75) is 13.5 Å². The molecular weight excluding hydrogens is 411 g/mol. The van der Waals surface area contributed by atoms with Gasteiger partial charge >= 0.3 is 0 Å². The van der Waals surface area contributed by atoms with E-state index in [0.29, 0.717) is 27.0 Å². The zero-order valence-electron chi connectivity index (χ0n) is 15.1. The van der Waals surface area contributed by atoms with Crippen molar-refractivity contribution in [1.29, 1.82) is 0 Å². The molecule has 0 saturated heterocycles. The molecule has 9 heteroatoms. The fourth-order valence-electron chi connectivity index (χ4n) is 2.42. The van der Waals surface area contributed by atoms with Gasteiger partial charge in [0.25, 0.3) is 0 Å². The summed E-state index contributed by atoms with van der Waals surface area (Å²) < 4.78 is 30.8. The van der Waals surface area contributed by atoms with Gasteiger partial charge in [-0.2, -0.15) is 0 Å². The lowest BCUT2D eigenvalue weighted by molar-refractivity contribution is -0.119. The topological polar surface area (TPSA) is 75.7 Å². The van der Waals surface area contributed by atoms with Crippen LogP contribution in [0.3, 0.4) is 0 Å². The van der Waals surface area contributed by atoms with E-state index in [-0.39, 0.29) is 13.1 Å². The van der Waals surface area contributed by atoms with Gasteiger partial charge in [0, 0.05) is 16.6 Å². The standard InChI is InChI=1S/C18H20Cl2N2O4S/c1-12-4-7-17(26-2)16(8-12)22(27(3,24)25)11-18(23)21-10-13-5-6-14(19)9-15(13)20/h4-9H,10-11H2,1-3H3,(H,21,23). The second-order valence-electron chi connectivity index (χ2n) is 5.96. The molecule has 146 valence electrons. The molecule has 1 N–H and O–H groups in total. The first-order valence-electron chi connectivity index (χ1n) is 7.95. The minimum Gasteiger partial charge on any atom is -0.495 e. The number of ether oxygens (including phenoxy) is 1. The van der Waals surface area contributed by atoms with E-state index in [9.17, 15) is 13.2 Å². The van der Waals surface area contributed by atoms with E-state index in [1.807, 2.05) is 6.92 Å². The second-order valence-corrected chi connectivity index (χ2v) is 8.71. The van der Waals surface area contributed by atoms with Crippen LogP contribution in [0.25, 0.3) is 0 Å². The van der Waals surface area contributed by atoms with Gasteiger partial charge in [-0.1, -0.05) is 35.3 Å². The fourth-order valence-corrected chi connectivity index (χ4v) is 3.75. The Bertz CT molecular complexity index is 948. The number of rotatable bonds is 7. The van der Waals surface area contributed by atoms with Crippen LogP contribution in [0.5, 0.6) is 5.75 Å². The lowest BCUT2D eigenvalue weighted by Crippen LogP contribution is -2.40. The molecule has 0 saturated carbocycles. The maximum absolute atomic E-state index is 12.4. The fraction of sp³-hybridized carbons (Fsp3) is 0.278.